The number of rotatable bonds is 4. The summed E-state index contributed by atoms with van der Waals surface area (Å²) in [5, 5.41) is 22.4. The Morgan fingerprint density at radius 1 is 1.16 bits per heavy atom. The van der Waals surface area contributed by atoms with E-state index < -0.39 is 38.1 Å². The molecule has 0 bridgehead atoms. The number of alkyl halides is 3. The summed E-state index contributed by atoms with van der Waals surface area (Å²) in [7, 11) is -4.32. The fourth-order valence-electron chi connectivity index (χ4n) is 3.93. The first-order valence-corrected chi connectivity index (χ1v) is 11.1. The molecule has 0 saturated heterocycles. The largest absolute Gasteiger partial charge is 0.417 e. The van der Waals surface area contributed by atoms with Crippen molar-refractivity contribution in [1.29, 1.82) is 0 Å². The van der Waals surface area contributed by atoms with Gasteiger partial charge in [-0.1, -0.05) is 30.3 Å². The Labute approximate surface area is 175 Å². The van der Waals surface area contributed by atoms with E-state index in [0.717, 1.165) is 11.6 Å². The van der Waals surface area contributed by atoms with Crippen molar-refractivity contribution >= 4 is 9.84 Å². The molecule has 0 amide bonds. The number of nitrogens with two attached hydrogens (primary N) is 1. The van der Waals surface area contributed by atoms with Crippen LogP contribution in [0.2, 0.25) is 0 Å². The Bertz CT molecular complexity index is 1220. The Kier molecular flexibility index (Phi) is 4.91. The van der Waals surface area contributed by atoms with E-state index in [9.17, 15) is 26.7 Å². The van der Waals surface area contributed by atoms with Crippen LogP contribution in [0.5, 0.6) is 0 Å². The molecule has 1 saturated carbocycles. The van der Waals surface area contributed by atoms with Crippen molar-refractivity contribution in [3.8, 4) is 22.5 Å². The number of aliphatic hydroxyl groups excluding tert-OH is 1. The minimum atomic E-state index is -4.90. The minimum Gasteiger partial charge on any atom is -0.393 e. The maximum atomic E-state index is 13.6. The first-order chi connectivity index (χ1) is 14.4. The smallest absolute Gasteiger partial charge is 0.393 e. The second-order valence-corrected chi connectivity index (χ2v) is 9.63. The van der Waals surface area contributed by atoms with Crippen LogP contribution in [-0.2, 0) is 21.6 Å². The Morgan fingerprint density at radius 3 is 2.29 bits per heavy atom. The number of nitrogens with one attached hydrogen (secondary N) is 1. The molecule has 0 aliphatic heterocycles. The Hall–Kier alpha value is -2.83. The van der Waals surface area contributed by atoms with Gasteiger partial charge in [0.2, 0.25) is 0 Å². The highest BCUT2D eigenvalue weighted by atomic mass is 32.2. The van der Waals surface area contributed by atoms with Gasteiger partial charge < -0.3 is 10.8 Å². The van der Waals surface area contributed by atoms with Gasteiger partial charge in [-0.2, -0.15) is 13.2 Å². The number of aliphatic hydroxyl groups is 1. The maximum Gasteiger partial charge on any atom is 0.417 e. The predicted octanol–water partition coefficient (Wildman–Crippen LogP) is 2.26. The van der Waals surface area contributed by atoms with E-state index in [4.69, 9.17) is 5.73 Å². The second-order valence-electron chi connectivity index (χ2n) is 7.68. The van der Waals surface area contributed by atoms with E-state index in [1.54, 1.807) is 24.3 Å². The van der Waals surface area contributed by atoms with Crippen molar-refractivity contribution in [2.45, 2.75) is 35.6 Å². The summed E-state index contributed by atoms with van der Waals surface area (Å²) < 4.78 is 65.8. The van der Waals surface area contributed by atoms with Crippen LogP contribution in [-0.4, -0.2) is 46.5 Å². The van der Waals surface area contributed by atoms with Gasteiger partial charge in [-0.3, -0.25) is 0 Å². The first kappa shape index (κ1) is 21.4. The molecule has 1 fully saturated rings. The van der Waals surface area contributed by atoms with Gasteiger partial charge in [0.1, 0.15) is 0 Å². The number of sulfone groups is 1. The van der Waals surface area contributed by atoms with Crippen molar-refractivity contribution in [2.24, 2.45) is 5.73 Å². The fraction of sp³-hybridized carbons (Fsp3) is 0.316. The third kappa shape index (κ3) is 3.82. The first-order valence-electron chi connectivity index (χ1n) is 9.16. The molecule has 31 heavy (non-hydrogen) atoms. The number of nitrogens with zero attached hydrogens (tertiary/aromatic N) is 3. The number of benzene rings is 2. The monoisotopic (exact) mass is 453 g/mol. The van der Waals surface area contributed by atoms with Gasteiger partial charge in [-0.15, -0.1) is 5.10 Å². The summed E-state index contributed by atoms with van der Waals surface area (Å²) in [5.74, 6) is -0.206. The maximum absolute atomic E-state index is 13.6. The minimum absolute atomic E-state index is 0.206. The van der Waals surface area contributed by atoms with Crippen molar-refractivity contribution < 1.29 is 26.7 Å². The third-order valence-corrected chi connectivity index (χ3v) is 6.55. The number of hydrogen-bond acceptors (Lipinski definition) is 7. The van der Waals surface area contributed by atoms with Gasteiger partial charge in [0, 0.05) is 17.4 Å². The van der Waals surface area contributed by atoms with Crippen LogP contribution in [0.25, 0.3) is 22.5 Å². The van der Waals surface area contributed by atoms with Crippen LogP contribution < -0.4 is 5.73 Å². The molecule has 2 aromatic carbocycles. The summed E-state index contributed by atoms with van der Waals surface area (Å²) in [5.41, 5.74) is 5.45. The molecule has 4 N–H and O–H groups in total. The van der Waals surface area contributed by atoms with Crippen LogP contribution in [0.1, 0.15) is 24.0 Å². The Morgan fingerprint density at radius 2 is 1.81 bits per heavy atom. The van der Waals surface area contributed by atoms with Gasteiger partial charge in [0.15, 0.2) is 15.7 Å². The van der Waals surface area contributed by atoms with Crippen molar-refractivity contribution in [3.63, 3.8) is 0 Å². The quantitative estimate of drug-likeness (QED) is 0.551. The summed E-state index contributed by atoms with van der Waals surface area (Å²) >= 11 is 0. The van der Waals surface area contributed by atoms with Crippen LogP contribution >= 0.6 is 0 Å². The van der Waals surface area contributed by atoms with E-state index in [0.29, 0.717) is 24.7 Å². The molecule has 0 unspecified atom stereocenters. The van der Waals surface area contributed by atoms with E-state index in [1.165, 1.54) is 6.07 Å². The van der Waals surface area contributed by atoms with Gasteiger partial charge >= 0.3 is 6.18 Å². The topological polar surface area (TPSA) is 135 Å². The lowest BCUT2D eigenvalue weighted by Crippen LogP contribution is -2.51. The van der Waals surface area contributed by atoms with E-state index in [1.807, 2.05) is 0 Å². The molecule has 1 aliphatic rings. The van der Waals surface area contributed by atoms with Crippen LogP contribution in [0.4, 0.5) is 13.2 Å². The van der Waals surface area contributed by atoms with E-state index >= 15 is 0 Å². The average molecular weight is 453 g/mol. The predicted molar refractivity (Wildman–Crippen MR) is 104 cm³/mol. The van der Waals surface area contributed by atoms with Crippen molar-refractivity contribution in [2.75, 3.05) is 6.26 Å². The standard InChI is InChI=1S/C19H18F3N5O3S/c1-31(29,30)16-14(19(20,21)22)7-6-13(15(16)17-24-26-27-25-17)10-2-4-11(5-3-10)18(23)8-12(28)9-18/h2-7,12,28H,8-9,23H2,1H3,(H,24,25,26,27). The third-order valence-electron chi connectivity index (χ3n) is 5.39. The number of aromatic nitrogens is 4. The van der Waals surface area contributed by atoms with Gasteiger partial charge in [-0.25, -0.2) is 13.5 Å². The molecule has 8 nitrogen and oxygen atoms in total. The van der Waals surface area contributed by atoms with Gasteiger partial charge in [0.25, 0.3) is 0 Å². The Balaban J connectivity index is 1.93. The molecular weight excluding hydrogens is 435 g/mol. The summed E-state index contributed by atoms with van der Waals surface area (Å²) in [6.45, 7) is 0. The normalized spacial score (nSPS) is 21.7. The number of hydrogen-bond donors (Lipinski definition) is 3. The van der Waals surface area contributed by atoms with Gasteiger partial charge in [-0.05, 0) is 46.0 Å². The zero-order chi connectivity index (χ0) is 22.6. The highest BCUT2D eigenvalue weighted by molar-refractivity contribution is 7.91. The van der Waals surface area contributed by atoms with Crippen LogP contribution in [0, 0.1) is 0 Å². The number of H-pyrrole nitrogens is 1. The number of aromatic amines is 1. The highest BCUT2D eigenvalue weighted by Gasteiger charge is 2.42. The van der Waals surface area contributed by atoms with Gasteiger partial charge in [0.05, 0.1) is 16.6 Å². The average Bonchev–Trinajstić information content (AvgIpc) is 3.19. The summed E-state index contributed by atoms with van der Waals surface area (Å²) in [6.07, 6.45) is -3.86. The van der Waals surface area contributed by atoms with E-state index in [-0.39, 0.29) is 17.0 Å². The molecule has 1 heterocycles. The lowest BCUT2D eigenvalue weighted by Gasteiger charge is -2.42. The fourth-order valence-corrected chi connectivity index (χ4v) is 5.09. The molecule has 4 rings (SSSR count). The highest BCUT2D eigenvalue weighted by Crippen LogP contribution is 2.44. The number of tetrazole rings is 1. The molecule has 0 atom stereocenters. The molecule has 1 aromatic heterocycles. The van der Waals surface area contributed by atoms with E-state index in [2.05, 4.69) is 20.6 Å². The SMILES string of the molecule is CS(=O)(=O)c1c(C(F)(F)F)ccc(-c2ccc(C3(N)CC(O)C3)cc2)c1-c1nnn[nH]1. The van der Waals surface area contributed by atoms with Crippen molar-refractivity contribution in [3.05, 3.63) is 47.5 Å². The van der Waals surface area contributed by atoms with Crippen LogP contribution in [0.15, 0.2) is 41.3 Å². The molecule has 0 spiro atoms. The van der Waals surface area contributed by atoms with Crippen LogP contribution in [0.3, 0.4) is 0 Å². The zero-order valence-electron chi connectivity index (χ0n) is 16.2. The molecule has 0 radical (unpaired) electrons. The molecule has 1 aliphatic carbocycles. The number of halogens is 3. The summed E-state index contributed by atoms with van der Waals surface area (Å²) in [6, 6.07) is 8.62. The van der Waals surface area contributed by atoms with Crippen molar-refractivity contribution in [1.82, 2.24) is 20.6 Å². The zero-order valence-corrected chi connectivity index (χ0v) is 17.0. The lowest BCUT2D eigenvalue weighted by atomic mass is 9.70. The lowest BCUT2D eigenvalue weighted by molar-refractivity contribution is -0.139. The molecular formula is C19H18F3N5O3S. The molecule has 12 heteroatoms. The molecule has 164 valence electrons. The second kappa shape index (κ2) is 7.11. The molecule has 3 aromatic rings. The summed E-state index contributed by atoms with van der Waals surface area (Å²) in [4.78, 5) is -0.905.